The first kappa shape index (κ1) is 11.7. The number of benzene rings is 1. The number of hydrogen-bond donors (Lipinski definition) is 1. The summed E-state index contributed by atoms with van der Waals surface area (Å²) in [7, 11) is 1.39. The number of aromatic nitrogens is 2. The molecule has 0 aliphatic rings. The highest BCUT2D eigenvalue weighted by molar-refractivity contribution is 9.10. The third kappa shape index (κ3) is 2.47. The second-order valence-electron chi connectivity index (χ2n) is 3.10. The van der Waals surface area contributed by atoms with Crippen molar-refractivity contribution in [1.29, 1.82) is 0 Å². The van der Waals surface area contributed by atoms with Crippen LogP contribution in [0.5, 0.6) is 17.4 Å². The quantitative estimate of drug-likeness (QED) is 0.944. The van der Waals surface area contributed by atoms with E-state index in [0.717, 1.165) is 4.47 Å². The smallest absolute Gasteiger partial charge is 0.297 e. The summed E-state index contributed by atoms with van der Waals surface area (Å²) in [6, 6.07) is 7.26. The molecule has 6 heteroatoms. The van der Waals surface area contributed by atoms with Gasteiger partial charge in [-0.25, -0.2) is 4.98 Å². The third-order valence-electron chi connectivity index (χ3n) is 2.03. The molecule has 0 saturated heterocycles. The van der Waals surface area contributed by atoms with Gasteiger partial charge in [0.2, 0.25) is 5.75 Å². The van der Waals surface area contributed by atoms with Crippen molar-refractivity contribution in [3.63, 3.8) is 0 Å². The Morgan fingerprint density at radius 2 is 2.12 bits per heavy atom. The van der Waals surface area contributed by atoms with Crippen LogP contribution in [0.2, 0.25) is 0 Å². The summed E-state index contributed by atoms with van der Waals surface area (Å²) in [5.41, 5.74) is -0.385. The zero-order chi connectivity index (χ0) is 12.3. The van der Waals surface area contributed by atoms with Gasteiger partial charge in [0.1, 0.15) is 5.75 Å². The Kier molecular flexibility index (Phi) is 3.43. The summed E-state index contributed by atoms with van der Waals surface area (Å²) >= 11 is 3.34. The number of hydrogen-bond acceptors (Lipinski definition) is 4. The first-order chi connectivity index (χ1) is 8.22. The van der Waals surface area contributed by atoms with Gasteiger partial charge in [-0.2, -0.15) is 0 Å². The standard InChI is InChI=1S/C11H9BrN2O3/c1-16-9-10(15)13-6-14-11(9)17-8-5-3-2-4-7(8)12/h2-6H,1H3,(H,13,14,15). The summed E-state index contributed by atoms with van der Waals surface area (Å²) in [6.45, 7) is 0. The number of aromatic amines is 1. The highest BCUT2D eigenvalue weighted by Gasteiger charge is 2.12. The number of para-hydroxylation sites is 1. The number of H-pyrrole nitrogens is 1. The van der Waals surface area contributed by atoms with Crippen LogP contribution in [-0.2, 0) is 0 Å². The van der Waals surface area contributed by atoms with Crippen molar-refractivity contribution in [1.82, 2.24) is 9.97 Å². The molecule has 0 radical (unpaired) electrons. The van der Waals surface area contributed by atoms with Crippen LogP contribution in [0.4, 0.5) is 0 Å². The molecule has 0 saturated carbocycles. The SMILES string of the molecule is COc1c(Oc2ccccc2Br)nc[nH]c1=O. The number of halogens is 1. The van der Waals surface area contributed by atoms with E-state index in [-0.39, 0.29) is 17.2 Å². The van der Waals surface area contributed by atoms with E-state index in [0.29, 0.717) is 5.75 Å². The molecule has 5 nitrogen and oxygen atoms in total. The minimum absolute atomic E-state index is 0.0447. The Bertz CT molecular complexity index is 583. The molecule has 0 aliphatic heterocycles. The molecule has 1 aromatic carbocycles. The van der Waals surface area contributed by atoms with Gasteiger partial charge in [0.05, 0.1) is 17.9 Å². The number of nitrogens with one attached hydrogen (secondary N) is 1. The van der Waals surface area contributed by atoms with E-state index in [9.17, 15) is 4.79 Å². The molecule has 0 fully saturated rings. The van der Waals surface area contributed by atoms with Crippen LogP contribution in [0.25, 0.3) is 0 Å². The van der Waals surface area contributed by atoms with Crippen molar-refractivity contribution < 1.29 is 9.47 Å². The summed E-state index contributed by atoms with van der Waals surface area (Å²) in [6.07, 6.45) is 1.26. The topological polar surface area (TPSA) is 64.2 Å². The summed E-state index contributed by atoms with van der Waals surface area (Å²) in [5, 5.41) is 0. The van der Waals surface area contributed by atoms with Gasteiger partial charge in [0.15, 0.2) is 0 Å². The van der Waals surface area contributed by atoms with Gasteiger partial charge in [-0.1, -0.05) is 12.1 Å². The van der Waals surface area contributed by atoms with Gasteiger partial charge < -0.3 is 14.5 Å². The molecule has 0 aliphatic carbocycles. The second kappa shape index (κ2) is 5.01. The summed E-state index contributed by atoms with van der Waals surface area (Å²) < 4.78 is 11.2. The van der Waals surface area contributed by atoms with Crippen molar-refractivity contribution in [2.24, 2.45) is 0 Å². The number of methoxy groups -OCH3 is 1. The summed E-state index contributed by atoms with van der Waals surface area (Å²) in [4.78, 5) is 17.8. The van der Waals surface area contributed by atoms with Crippen LogP contribution in [0.3, 0.4) is 0 Å². The predicted octanol–water partition coefficient (Wildman–Crippen LogP) is 2.33. The molecule has 17 heavy (non-hydrogen) atoms. The fourth-order valence-corrected chi connectivity index (χ4v) is 1.62. The van der Waals surface area contributed by atoms with Crippen molar-refractivity contribution >= 4 is 15.9 Å². The lowest BCUT2D eigenvalue weighted by Gasteiger charge is -2.08. The predicted molar refractivity (Wildman–Crippen MR) is 65.6 cm³/mol. The van der Waals surface area contributed by atoms with Crippen LogP contribution < -0.4 is 15.0 Å². The minimum Gasteiger partial charge on any atom is -0.487 e. The zero-order valence-electron chi connectivity index (χ0n) is 8.94. The maximum Gasteiger partial charge on any atom is 0.297 e. The average molecular weight is 297 g/mol. The normalized spacial score (nSPS) is 10.0. The molecular weight excluding hydrogens is 288 g/mol. The number of nitrogens with zero attached hydrogens (tertiary/aromatic N) is 1. The average Bonchev–Trinajstić information content (AvgIpc) is 2.32. The number of ether oxygens (including phenoxy) is 2. The van der Waals surface area contributed by atoms with Gasteiger partial charge in [-0.3, -0.25) is 4.79 Å². The largest absolute Gasteiger partial charge is 0.487 e. The number of rotatable bonds is 3. The monoisotopic (exact) mass is 296 g/mol. The molecule has 88 valence electrons. The van der Waals surface area contributed by atoms with E-state index >= 15 is 0 Å². The van der Waals surface area contributed by atoms with Crippen LogP contribution >= 0.6 is 15.9 Å². The lowest BCUT2D eigenvalue weighted by atomic mass is 10.3. The highest BCUT2D eigenvalue weighted by Crippen LogP contribution is 2.30. The van der Waals surface area contributed by atoms with Gasteiger partial charge in [-0.15, -0.1) is 0 Å². The first-order valence-corrected chi connectivity index (χ1v) is 5.55. The van der Waals surface area contributed by atoms with Gasteiger partial charge >= 0.3 is 0 Å². The van der Waals surface area contributed by atoms with Gasteiger partial charge in [-0.05, 0) is 28.1 Å². The molecule has 0 amide bonds. The lowest BCUT2D eigenvalue weighted by molar-refractivity contribution is 0.362. The molecule has 0 spiro atoms. The van der Waals surface area contributed by atoms with Crippen molar-refractivity contribution in [2.75, 3.05) is 7.11 Å². The van der Waals surface area contributed by atoms with Crippen LogP contribution in [0, 0.1) is 0 Å². The Morgan fingerprint density at radius 3 is 2.82 bits per heavy atom. The zero-order valence-corrected chi connectivity index (χ0v) is 10.5. The fraction of sp³-hybridized carbons (Fsp3) is 0.0909. The molecule has 2 rings (SSSR count). The Labute approximate surface area is 106 Å². The minimum atomic E-state index is -0.385. The van der Waals surface area contributed by atoms with Gasteiger partial charge in [0, 0.05) is 0 Å². The molecular formula is C11H9BrN2O3. The Morgan fingerprint density at radius 1 is 1.35 bits per heavy atom. The van der Waals surface area contributed by atoms with E-state index in [2.05, 4.69) is 25.9 Å². The van der Waals surface area contributed by atoms with Crippen LogP contribution in [0.15, 0.2) is 39.9 Å². The molecule has 0 unspecified atom stereocenters. The highest BCUT2D eigenvalue weighted by atomic mass is 79.9. The van der Waals surface area contributed by atoms with Crippen molar-refractivity contribution in [3.8, 4) is 17.4 Å². The van der Waals surface area contributed by atoms with Crippen LogP contribution in [-0.4, -0.2) is 17.1 Å². The molecule has 2 aromatic rings. The maximum atomic E-state index is 11.4. The van der Waals surface area contributed by atoms with Crippen LogP contribution in [0.1, 0.15) is 0 Å². The molecule has 1 N–H and O–H groups in total. The van der Waals surface area contributed by atoms with Crippen molar-refractivity contribution in [3.05, 3.63) is 45.4 Å². The molecule has 1 aromatic heterocycles. The van der Waals surface area contributed by atoms with E-state index in [1.54, 1.807) is 6.07 Å². The Balaban J connectivity index is 2.40. The first-order valence-electron chi connectivity index (χ1n) is 4.76. The van der Waals surface area contributed by atoms with E-state index in [4.69, 9.17) is 9.47 Å². The fourth-order valence-electron chi connectivity index (χ4n) is 1.26. The molecule has 0 atom stereocenters. The third-order valence-corrected chi connectivity index (χ3v) is 2.68. The van der Waals surface area contributed by atoms with E-state index in [1.807, 2.05) is 18.2 Å². The lowest BCUT2D eigenvalue weighted by Crippen LogP contribution is -2.10. The van der Waals surface area contributed by atoms with E-state index < -0.39 is 0 Å². The second-order valence-corrected chi connectivity index (χ2v) is 3.96. The molecule has 1 heterocycles. The Hall–Kier alpha value is -1.82. The van der Waals surface area contributed by atoms with E-state index in [1.165, 1.54) is 13.4 Å². The van der Waals surface area contributed by atoms with Gasteiger partial charge in [0.25, 0.3) is 11.4 Å². The molecule has 0 bridgehead atoms. The summed E-state index contributed by atoms with van der Waals surface area (Å²) in [5.74, 6) is 0.732. The maximum absolute atomic E-state index is 11.4. The van der Waals surface area contributed by atoms with Crippen molar-refractivity contribution in [2.45, 2.75) is 0 Å².